The van der Waals surface area contributed by atoms with Crippen LogP contribution in [0.1, 0.15) is 51.0 Å². The molecule has 3 atom stereocenters. The van der Waals surface area contributed by atoms with Crippen molar-refractivity contribution < 1.29 is 9.53 Å². The summed E-state index contributed by atoms with van der Waals surface area (Å²) in [6.45, 7) is 4.94. The van der Waals surface area contributed by atoms with E-state index in [1.165, 1.54) is 6.42 Å². The van der Waals surface area contributed by atoms with E-state index < -0.39 is 0 Å². The Morgan fingerprint density at radius 2 is 2.18 bits per heavy atom. The topological polar surface area (TPSA) is 55.6 Å². The van der Waals surface area contributed by atoms with Crippen LogP contribution in [0.4, 0.5) is 0 Å². The predicted octanol–water partition coefficient (Wildman–Crippen LogP) is 2.92. The van der Waals surface area contributed by atoms with E-state index >= 15 is 0 Å². The summed E-state index contributed by atoms with van der Waals surface area (Å²) < 4.78 is 5.26. The molecule has 0 saturated carbocycles. The largest absolute Gasteiger partial charge is 0.497 e. The molecular formula is C18H28N2O2. The van der Waals surface area contributed by atoms with Gasteiger partial charge in [-0.05, 0) is 49.8 Å². The van der Waals surface area contributed by atoms with E-state index in [-0.39, 0.29) is 23.9 Å². The summed E-state index contributed by atoms with van der Waals surface area (Å²) in [5, 5.41) is 0. The Morgan fingerprint density at radius 1 is 1.41 bits per heavy atom. The van der Waals surface area contributed by atoms with Crippen LogP contribution in [0.25, 0.3) is 0 Å². The lowest BCUT2D eigenvalue weighted by Crippen LogP contribution is -2.51. The highest BCUT2D eigenvalue weighted by molar-refractivity contribution is 5.77. The molecule has 1 aliphatic rings. The van der Waals surface area contributed by atoms with Crippen molar-refractivity contribution in [2.75, 3.05) is 13.7 Å². The molecule has 1 aliphatic heterocycles. The molecule has 0 aliphatic carbocycles. The SMILES string of the molecule is COc1cccc(C(C)CC(=O)N2CCCCC2C(C)N)c1. The molecule has 22 heavy (non-hydrogen) atoms. The van der Waals surface area contributed by atoms with Crippen LogP contribution in [0.2, 0.25) is 0 Å². The molecule has 1 aromatic carbocycles. The van der Waals surface area contributed by atoms with E-state index in [0.717, 1.165) is 30.7 Å². The third kappa shape index (κ3) is 4.01. The molecule has 3 unspecified atom stereocenters. The standard InChI is InChI=1S/C18H28N2O2/c1-13(15-7-6-8-16(12-15)22-3)11-18(21)20-10-5-4-9-17(20)14(2)19/h6-8,12-14,17H,4-5,9-11,19H2,1-3H3. The van der Waals surface area contributed by atoms with Crippen LogP contribution in [0.5, 0.6) is 5.75 Å². The molecule has 0 spiro atoms. The van der Waals surface area contributed by atoms with Crippen LogP contribution in [0.3, 0.4) is 0 Å². The Morgan fingerprint density at radius 3 is 2.86 bits per heavy atom. The Kier molecular flexibility index (Phi) is 5.83. The summed E-state index contributed by atoms with van der Waals surface area (Å²) in [5.41, 5.74) is 7.21. The van der Waals surface area contributed by atoms with Gasteiger partial charge < -0.3 is 15.4 Å². The van der Waals surface area contributed by atoms with Crippen LogP contribution in [0.15, 0.2) is 24.3 Å². The first-order chi connectivity index (χ1) is 10.5. The lowest BCUT2D eigenvalue weighted by molar-refractivity contribution is -0.135. The maximum absolute atomic E-state index is 12.7. The van der Waals surface area contributed by atoms with Crippen LogP contribution < -0.4 is 10.5 Å². The number of nitrogens with two attached hydrogens (primary N) is 1. The molecule has 4 nitrogen and oxygen atoms in total. The van der Waals surface area contributed by atoms with Crippen molar-refractivity contribution in [1.82, 2.24) is 4.90 Å². The number of carbonyl (C=O) groups is 1. The maximum Gasteiger partial charge on any atom is 0.223 e. The number of nitrogens with zero attached hydrogens (tertiary/aromatic N) is 1. The van der Waals surface area contributed by atoms with Crippen molar-refractivity contribution in [2.24, 2.45) is 5.73 Å². The number of rotatable bonds is 5. The Bertz CT molecular complexity index is 502. The summed E-state index contributed by atoms with van der Waals surface area (Å²) >= 11 is 0. The predicted molar refractivity (Wildman–Crippen MR) is 89.0 cm³/mol. The van der Waals surface area contributed by atoms with Gasteiger partial charge in [-0.25, -0.2) is 0 Å². The van der Waals surface area contributed by atoms with E-state index in [2.05, 4.69) is 13.0 Å². The van der Waals surface area contributed by atoms with Gasteiger partial charge in [0.2, 0.25) is 5.91 Å². The highest BCUT2D eigenvalue weighted by Crippen LogP contribution is 2.26. The Labute approximate surface area is 133 Å². The fourth-order valence-electron chi connectivity index (χ4n) is 3.26. The maximum atomic E-state index is 12.7. The van der Waals surface area contributed by atoms with Gasteiger partial charge in [-0.3, -0.25) is 4.79 Å². The number of hydrogen-bond acceptors (Lipinski definition) is 3. The van der Waals surface area contributed by atoms with Crippen molar-refractivity contribution in [1.29, 1.82) is 0 Å². The lowest BCUT2D eigenvalue weighted by Gasteiger charge is -2.38. The number of likely N-dealkylation sites (tertiary alicyclic amines) is 1. The van der Waals surface area contributed by atoms with Gasteiger partial charge in [0.15, 0.2) is 0 Å². The minimum absolute atomic E-state index is 0.0383. The molecule has 1 fully saturated rings. The van der Waals surface area contributed by atoms with E-state index in [1.807, 2.05) is 30.0 Å². The number of hydrogen-bond donors (Lipinski definition) is 1. The zero-order valence-electron chi connectivity index (χ0n) is 13.9. The van der Waals surface area contributed by atoms with Crippen LogP contribution in [-0.4, -0.2) is 36.5 Å². The third-order valence-corrected chi connectivity index (χ3v) is 4.62. The number of piperidine rings is 1. The van der Waals surface area contributed by atoms with Crippen LogP contribution in [0, 0.1) is 0 Å². The molecule has 0 radical (unpaired) electrons. The highest BCUT2D eigenvalue weighted by Gasteiger charge is 2.29. The second-order valence-corrected chi connectivity index (χ2v) is 6.39. The molecule has 1 saturated heterocycles. The smallest absolute Gasteiger partial charge is 0.223 e. The van der Waals surface area contributed by atoms with Gasteiger partial charge >= 0.3 is 0 Å². The molecule has 1 heterocycles. The zero-order chi connectivity index (χ0) is 16.1. The van der Waals surface area contributed by atoms with Gasteiger partial charge in [0.05, 0.1) is 7.11 Å². The zero-order valence-corrected chi connectivity index (χ0v) is 13.9. The van der Waals surface area contributed by atoms with Gasteiger partial charge in [0, 0.05) is 25.0 Å². The summed E-state index contributed by atoms with van der Waals surface area (Å²) in [7, 11) is 1.66. The van der Waals surface area contributed by atoms with Crippen molar-refractivity contribution in [3.05, 3.63) is 29.8 Å². The second kappa shape index (κ2) is 7.63. The molecule has 4 heteroatoms. The van der Waals surface area contributed by atoms with E-state index in [1.54, 1.807) is 7.11 Å². The van der Waals surface area contributed by atoms with Crippen molar-refractivity contribution in [3.8, 4) is 5.75 Å². The molecule has 0 bridgehead atoms. The highest BCUT2D eigenvalue weighted by atomic mass is 16.5. The summed E-state index contributed by atoms with van der Waals surface area (Å²) in [6, 6.07) is 8.20. The molecular weight excluding hydrogens is 276 g/mol. The van der Waals surface area contributed by atoms with Crippen molar-refractivity contribution in [3.63, 3.8) is 0 Å². The van der Waals surface area contributed by atoms with Crippen LogP contribution >= 0.6 is 0 Å². The summed E-state index contributed by atoms with van der Waals surface area (Å²) in [6.07, 6.45) is 3.80. The van der Waals surface area contributed by atoms with Gasteiger partial charge in [-0.2, -0.15) is 0 Å². The minimum atomic E-state index is 0.0383. The van der Waals surface area contributed by atoms with E-state index in [0.29, 0.717) is 6.42 Å². The van der Waals surface area contributed by atoms with Gasteiger partial charge in [-0.15, -0.1) is 0 Å². The van der Waals surface area contributed by atoms with Gasteiger partial charge in [-0.1, -0.05) is 19.1 Å². The minimum Gasteiger partial charge on any atom is -0.497 e. The van der Waals surface area contributed by atoms with Crippen molar-refractivity contribution in [2.45, 2.75) is 57.5 Å². The average Bonchev–Trinajstić information content (AvgIpc) is 2.54. The fourth-order valence-corrected chi connectivity index (χ4v) is 3.26. The molecule has 1 amide bonds. The number of amides is 1. The number of methoxy groups -OCH3 is 1. The van der Waals surface area contributed by atoms with Crippen LogP contribution in [-0.2, 0) is 4.79 Å². The quantitative estimate of drug-likeness (QED) is 0.910. The third-order valence-electron chi connectivity index (χ3n) is 4.62. The second-order valence-electron chi connectivity index (χ2n) is 6.39. The summed E-state index contributed by atoms with van der Waals surface area (Å²) in [5.74, 6) is 1.24. The number of ether oxygens (including phenoxy) is 1. The number of benzene rings is 1. The molecule has 122 valence electrons. The molecule has 0 aromatic heterocycles. The molecule has 2 rings (SSSR count). The normalized spacial score (nSPS) is 21.3. The molecule has 2 N–H and O–H groups in total. The van der Waals surface area contributed by atoms with E-state index in [9.17, 15) is 4.79 Å². The number of carbonyl (C=O) groups excluding carboxylic acids is 1. The van der Waals surface area contributed by atoms with Crippen molar-refractivity contribution >= 4 is 5.91 Å². The van der Waals surface area contributed by atoms with Gasteiger partial charge in [0.1, 0.15) is 5.75 Å². The first-order valence-electron chi connectivity index (χ1n) is 8.22. The fraction of sp³-hybridized carbons (Fsp3) is 0.611. The first-order valence-corrected chi connectivity index (χ1v) is 8.22. The summed E-state index contributed by atoms with van der Waals surface area (Å²) in [4.78, 5) is 14.7. The molecule has 1 aromatic rings. The lowest BCUT2D eigenvalue weighted by atomic mass is 9.93. The van der Waals surface area contributed by atoms with E-state index in [4.69, 9.17) is 10.5 Å². The first kappa shape index (κ1) is 16.8. The van der Waals surface area contributed by atoms with Gasteiger partial charge in [0.25, 0.3) is 0 Å². The Balaban J connectivity index is 2.03. The monoisotopic (exact) mass is 304 g/mol. The average molecular weight is 304 g/mol. The Hall–Kier alpha value is -1.55.